The number of ether oxygens (including phenoxy) is 1. The third kappa shape index (κ3) is 3.64. The van der Waals surface area contributed by atoms with Crippen LogP contribution < -0.4 is 10.2 Å². The van der Waals surface area contributed by atoms with E-state index in [1.165, 1.54) is 6.33 Å². The number of hydrogen-bond donors (Lipinski definition) is 2. The average molecular weight is 280 g/mol. The Morgan fingerprint density at radius 3 is 3.10 bits per heavy atom. The third-order valence-corrected chi connectivity index (χ3v) is 3.45. The van der Waals surface area contributed by atoms with Gasteiger partial charge in [0.2, 0.25) is 5.91 Å². The molecule has 1 aromatic heterocycles. The zero-order valence-electron chi connectivity index (χ0n) is 11.5. The molecule has 1 fully saturated rings. The number of amides is 1. The van der Waals surface area contributed by atoms with E-state index in [2.05, 4.69) is 15.3 Å². The molecule has 0 unspecified atom stereocenters. The van der Waals surface area contributed by atoms with Gasteiger partial charge in [-0.1, -0.05) is 0 Å². The monoisotopic (exact) mass is 280 g/mol. The SMILES string of the molecule is COCCC(=O)N[C@@H]1CN(c2ccncn2)C[C@H]1CO. The van der Waals surface area contributed by atoms with Gasteiger partial charge < -0.3 is 20.1 Å². The summed E-state index contributed by atoms with van der Waals surface area (Å²) in [6.07, 6.45) is 3.51. The molecule has 110 valence electrons. The first-order valence-corrected chi connectivity index (χ1v) is 6.64. The van der Waals surface area contributed by atoms with Crippen LogP contribution in [0.2, 0.25) is 0 Å². The van der Waals surface area contributed by atoms with Crippen molar-refractivity contribution in [1.82, 2.24) is 15.3 Å². The van der Waals surface area contributed by atoms with Gasteiger partial charge in [-0.3, -0.25) is 4.79 Å². The van der Waals surface area contributed by atoms with Crippen molar-refractivity contribution in [3.8, 4) is 0 Å². The van der Waals surface area contributed by atoms with Gasteiger partial charge in [0.25, 0.3) is 0 Å². The Morgan fingerprint density at radius 2 is 2.45 bits per heavy atom. The molecule has 0 spiro atoms. The quantitative estimate of drug-likeness (QED) is 0.725. The fraction of sp³-hybridized carbons (Fsp3) is 0.615. The standard InChI is InChI=1S/C13H20N4O3/c1-20-5-3-13(19)16-11-7-17(6-10(11)8-18)12-2-4-14-9-15-12/h2,4,9-11,18H,3,5-8H2,1H3,(H,16,19)/t10-,11+/m0/s1. The Bertz CT molecular complexity index is 429. The Hall–Kier alpha value is -1.73. The average Bonchev–Trinajstić information content (AvgIpc) is 2.89. The van der Waals surface area contributed by atoms with Crippen molar-refractivity contribution in [3.05, 3.63) is 18.6 Å². The van der Waals surface area contributed by atoms with Crippen LogP contribution in [0.5, 0.6) is 0 Å². The predicted molar refractivity (Wildman–Crippen MR) is 73.2 cm³/mol. The molecule has 1 aliphatic heterocycles. The highest BCUT2D eigenvalue weighted by molar-refractivity contribution is 5.76. The van der Waals surface area contributed by atoms with Gasteiger partial charge in [-0.05, 0) is 6.07 Å². The van der Waals surface area contributed by atoms with Gasteiger partial charge in [0.05, 0.1) is 12.6 Å². The number of rotatable bonds is 6. The van der Waals surface area contributed by atoms with Gasteiger partial charge in [-0.2, -0.15) is 0 Å². The van der Waals surface area contributed by atoms with E-state index in [4.69, 9.17) is 4.74 Å². The molecule has 2 rings (SSSR count). The van der Waals surface area contributed by atoms with Crippen molar-refractivity contribution in [3.63, 3.8) is 0 Å². The number of hydrogen-bond acceptors (Lipinski definition) is 6. The molecule has 0 radical (unpaired) electrons. The second-order valence-electron chi connectivity index (χ2n) is 4.83. The van der Waals surface area contributed by atoms with Gasteiger partial charge >= 0.3 is 0 Å². The highest BCUT2D eigenvalue weighted by Crippen LogP contribution is 2.21. The van der Waals surface area contributed by atoms with E-state index in [1.54, 1.807) is 13.3 Å². The number of aliphatic hydroxyl groups excluding tert-OH is 1. The molecule has 0 bridgehead atoms. The molecule has 1 aliphatic rings. The van der Waals surface area contributed by atoms with Crippen molar-refractivity contribution >= 4 is 11.7 Å². The van der Waals surface area contributed by atoms with E-state index in [-0.39, 0.29) is 24.5 Å². The summed E-state index contributed by atoms with van der Waals surface area (Å²) in [5.41, 5.74) is 0. The summed E-state index contributed by atoms with van der Waals surface area (Å²) in [6.45, 7) is 1.75. The first-order valence-electron chi connectivity index (χ1n) is 6.64. The van der Waals surface area contributed by atoms with Crippen LogP contribution in [0, 0.1) is 5.92 Å². The molecule has 7 heteroatoms. The summed E-state index contributed by atoms with van der Waals surface area (Å²) in [5.74, 6) is 0.767. The Balaban J connectivity index is 1.94. The fourth-order valence-electron chi connectivity index (χ4n) is 2.35. The van der Waals surface area contributed by atoms with Crippen LogP contribution in [0.25, 0.3) is 0 Å². The highest BCUT2D eigenvalue weighted by atomic mass is 16.5. The topological polar surface area (TPSA) is 87.6 Å². The van der Waals surface area contributed by atoms with Gasteiger partial charge in [0.15, 0.2) is 0 Å². The molecule has 1 amide bonds. The summed E-state index contributed by atoms with van der Waals surface area (Å²) < 4.78 is 4.88. The lowest BCUT2D eigenvalue weighted by Gasteiger charge is -2.18. The number of nitrogens with zero attached hydrogens (tertiary/aromatic N) is 3. The van der Waals surface area contributed by atoms with E-state index >= 15 is 0 Å². The van der Waals surface area contributed by atoms with Gasteiger partial charge in [0.1, 0.15) is 12.1 Å². The number of aliphatic hydroxyl groups is 1. The maximum Gasteiger partial charge on any atom is 0.222 e. The molecule has 0 saturated carbocycles. The largest absolute Gasteiger partial charge is 0.396 e. The molecular weight excluding hydrogens is 260 g/mol. The maximum atomic E-state index is 11.7. The Labute approximate surface area is 118 Å². The molecule has 0 aliphatic carbocycles. The highest BCUT2D eigenvalue weighted by Gasteiger charge is 2.33. The minimum Gasteiger partial charge on any atom is -0.396 e. The zero-order valence-corrected chi connectivity index (χ0v) is 11.5. The van der Waals surface area contributed by atoms with Crippen LogP contribution >= 0.6 is 0 Å². The van der Waals surface area contributed by atoms with Gasteiger partial charge in [-0.15, -0.1) is 0 Å². The van der Waals surface area contributed by atoms with Crippen molar-refractivity contribution in [2.24, 2.45) is 5.92 Å². The smallest absolute Gasteiger partial charge is 0.222 e. The predicted octanol–water partition coefficient (Wildman–Crippen LogP) is -0.574. The Kier molecular flexibility index (Phi) is 5.25. The van der Waals surface area contributed by atoms with Crippen LogP contribution in [-0.4, -0.2) is 60.4 Å². The Morgan fingerprint density at radius 1 is 1.60 bits per heavy atom. The lowest BCUT2D eigenvalue weighted by Crippen LogP contribution is -2.41. The number of aromatic nitrogens is 2. The lowest BCUT2D eigenvalue weighted by atomic mass is 10.1. The van der Waals surface area contributed by atoms with Crippen molar-refractivity contribution in [1.29, 1.82) is 0 Å². The van der Waals surface area contributed by atoms with Gasteiger partial charge in [-0.25, -0.2) is 9.97 Å². The van der Waals surface area contributed by atoms with E-state index in [9.17, 15) is 9.90 Å². The molecule has 2 atom stereocenters. The molecule has 0 aromatic carbocycles. The van der Waals surface area contributed by atoms with Crippen molar-refractivity contribution in [2.45, 2.75) is 12.5 Å². The molecule has 1 saturated heterocycles. The summed E-state index contributed by atoms with van der Waals surface area (Å²) >= 11 is 0. The summed E-state index contributed by atoms with van der Waals surface area (Å²) in [7, 11) is 1.57. The molecule has 7 nitrogen and oxygen atoms in total. The fourth-order valence-corrected chi connectivity index (χ4v) is 2.35. The molecule has 2 heterocycles. The number of carbonyl (C=O) groups excluding carboxylic acids is 1. The zero-order chi connectivity index (χ0) is 14.4. The molecule has 20 heavy (non-hydrogen) atoms. The summed E-state index contributed by atoms with van der Waals surface area (Å²) in [5, 5.41) is 12.4. The maximum absolute atomic E-state index is 11.7. The number of nitrogens with one attached hydrogen (secondary N) is 1. The van der Waals surface area contributed by atoms with E-state index in [1.807, 2.05) is 11.0 Å². The summed E-state index contributed by atoms with van der Waals surface area (Å²) in [4.78, 5) is 21.9. The number of methoxy groups -OCH3 is 1. The van der Waals surface area contributed by atoms with E-state index in [0.717, 1.165) is 5.82 Å². The van der Waals surface area contributed by atoms with Crippen LogP contribution in [-0.2, 0) is 9.53 Å². The molecular formula is C13H20N4O3. The molecule has 1 aromatic rings. The van der Waals surface area contributed by atoms with Crippen LogP contribution in [0.1, 0.15) is 6.42 Å². The van der Waals surface area contributed by atoms with Crippen LogP contribution in [0.15, 0.2) is 18.6 Å². The third-order valence-electron chi connectivity index (χ3n) is 3.45. The second kappa shape index (κ2) is 7.16. The van der Waals surface area contributed by atoms with E-state index < -0.39 is 0 Å². The van der Waals surface area contributed by atoms with Gasteiger partial charge in [0, 0.05) is 45.3 Å². The minimum absolute atomic E-state index is 0.0106. The minimum atomic E-state index is -0.0701. The number of carbonyl (C=O) groups is 1. The first kappa shape index (κ1) is 14.7. The normalized spacial score (nSPS) is 22.0. The van der Waals surface area contributed by atoms with Crippen molar-refractivity contribution in [2.75, 3.05) is 38.3 Å². The molecule has 2 N–H and O–H groups in total. The number of anilines is 1. The first-order chi connectivity index (χ1) is 9.74. The second-order valence-corrected chi connectivity index (χ2v) is 4.83. The van der Waals surface area contributed by atoms with Crippen LogP contribution in [0.4, 0.5) is 5.82 Å². The summed E-state index contributed by atoms with van der Waals surface area (Å²) in [6, 6.07) is 1.75. The van der Waals surface area contributed by atoms with Crippen molar-refractivity contribution < 1.29 is 14.6 Å². The van der Waals surface area contributed by atoms with E-state index in [0.29, 0.717) is 26.1 Å². The lowest BCUT2D eigenvalue weighted by molar-refractivity contribution is -0.122. The van der Waals surface area contributed by atoms with Crippen LogP contribution in [0.3, 0.4) is 0 Å².